The van der Waals surface area contributed by atoms with E-state index in [2.05, 4.69) is 10.6 Å². The lowest BCUT2D eigenvalue weighted by molar-refractivity contribution is 0.0876. The number of hydrogen-bond donors (Lipinski definition) is 2. The number of carbonyl (C=O) groups excluding carboxylic acids is 2. The zero-order valence-corrected chi connectivity index (χ0v) is 16.3. The molecule has 0 aliphatic rings. The van der Waals surface area contributed by atoms with Gasteiger partial charge in [-0.25, -0.2) is 0 Å². The molecule has 0 saturated carbocycles. The van der Waals surface area contributed by atoms with Crippen LogP contribution in [0.4, 0.5) is 0 Å². The maximum atomic E-state index is 12.7. The molecule has 0 aliphatic heterocycles. The van der Waals surface area contributed by atoms with Crippen molar-refractivity contribution in [1.29, 1.82) is 0 Å². The Morgan fingerprint density at radius 2 is 1.00 bits per heavy atom. The van der Waals surface area contributed by atoms with Crippen molar-refractivity contribution in [3.05, 3.63) is 108 Å². The lowest BCUT2D eigenvalue weighted by Gasteiger charge is -2.31. The summed E-state index contributed by atoms with van der Waals surface area (Å²) in [6.45, 7) is 0. The largest absolute Gasteiger partial charge is 0.329 e. The van der Waals surface area contributed by atoms with E-state index in [1.807, 2.05) is 18.2 Å². The minimum absolute atomic E-state index is 0.402. The van der Waals surface area contributed by atoms with E-state index in [-0.39, 0.29) is 0 Å². The van der Waals surface area contributed by atoms with Gasteiger partial charge in [0.2, 0.25) is 0 Å². The van der Waals surface area contributed by atoms with Gasteiger partial charge in [0.1, 0.15) is 6.17 Å². The highest BCUT2D eigenvalue weighted by Gasteiger charge is 2.39. The van der Waals surface area contributed by atoms with Gasteiger partial charge in [0.15, 0.2) is 4.33 Å². The highest BCUT2D eigenvalue weighted by molar-refractivity contribution is 6.48. The van der Waals surface area contributed by atoms with Gasteiger partial charge in [-0.3, -0.25) is 9.59 Å². The van der Waals surface area contributed by atoms with E-state index >= 15 is 0 Å². The van der Waals surface area contributed by atoms with Crippen LogP contribution in [0.2, 0.25) is 0 Å². The van der Waals surface area contributed by atoms with Crippen LogP contribution < -0.4 is 10.6 Å². The summed E-state index contributed by atoms with van der Waals surface area (Å²) in [7, 11) is 0. The number of alkyl halides is 2. The number of amides is 2. The zero-order chi connectivity index (χ0) is 20.0. The van der Waals surface area contributed by atoms with Crippen LogP contribution in [0.25, 0.3) is 0 Å². The standard InChI is InChI=1S/C22H18Cl2N2O2/c23-22(24,18-14-8-3-9-15-18)21(25-19(27)16-10-4-1-5-11-16)26-20(28)17-12-6-2-7-13-17/h1-15,21H,(H,25,27)(H,26,28). The molecular weight excluding hydrogens is 395 g/mol. The average Bonchev–Trinajstić information content (AvgIpc) is 2.75. The molecule has 3 aromatic rings. The summed E-state index contributed by atoms with van der Waals surface area (Å²) >= 11 is 13.3. The van der Waals surface area contributed by atoms with Crippen LogP contribution in [0.1, 0.15) is 26.3 Å². The van der Waals surface area contributed by atoms with Gasteiger partial charge in [-0.2, -0.15) is 0 Å². The Balaban J connectivity index is 1.89. The number of benzene rings is 3. The summed E-state index contributed by atoms with van der Waals surface area (Å²) in [5.41, 5.74) is 1.40. The van der Waals surface area contributed by atoms with E-state index in [0.29, 0.717) is 16.7 Å². The van der Waals surface area contributed by atoms with Gasteiger partial charge in [0.25, 0.3) is 11.8 Å². The predicted molar refractivity (Wildman–Crippen MR) is 111 cm³/mol. The van der Waals surface area contributed by atoms with E-state index in [4.69, 9.17) is 23.2 Å². The summed E-state index contributed by atoms with van der Waals surface area (Å²) in [5, 5.41) is 5.48. The van der Waals surface area contributed by atoms with Crippen molar-refractivity contribution in [3.63, 3.8) is 0 Å². The number of hydrogen-bond acceptors (Lipinski definition) is 2. The highest BCUT2D eigenvalue weighted by atomic mass is 35.5. The second-order valence-electron chi connectivity index (χ2n) is 6.10. The van der Waals surface area contributed by atoms with Gasteiger partial charge in [0.05, 0.1) is 0 Å². The Labute approximate surface area is 173 Å². The molecule has 28 heavy (non-hydrogen) atoms. The Bertz CT molecular complexity index is 879. The first-order chi connectivity index (χ1) is 13.5. The maximum absolute atomic E-state index is 12.7. The smallest absolute Gasteiger partial charge is 0.252 e. The SMILES string of the molecule is O=C(NC(NC(=O)c1ccccc1)C(Cl)(Cl)c1ccccc1)c1ccccc1. The number of rotatable bonds is 6. The van der Waals surface area contributed by atoms with E-state index < -0.39 is 22.3 Å². The molecule has 0 radical (unpaired) electrons. The minimum atomic E-state index is -1.59. The molecule has 6 heteroatoms. The molecule has 0 unspecified atom stereocenters. The molecule has 0 atom stereocenters. The van der Waals surface area contributed by atoms with Crippen LogP contribution in [0.5, 0.6) is 0 Å². The van der Waals surface area contributed by atoms with E-state index in [1.54, 1.807) is 72.8 Å². The Morgan fingerprint density at radius 3 is 1.39 bits per heavy atom. The summed E-state index contributed by atoms with van der Waals surface area (Å²) in [6.07, 6.45) is -1.07. The fourth-order valence-corrected chi connectivity index (χ4v) is 3.12. The van der Waals surface area contributed by atoms with E-state index in [1.165, 1.54) is 0 Å². The van der Waals surface area contributed by atoms with Crippen molar-refractivity contribution < 1.29 is 9.59 Å². The lowest BCUT2D eigenvalue weighted by atomic mass is 10.1. The molecule has 0 fully saturated rings. The van der Waals surface area contributed by atoms with E-state index in [9.17, 15) is 9.59 Å². The molecular formula is C22H18Cl2N2O2. The fraction of sp³-hybridized carbons (Fsp3) is 0.0909. The number of carbonyl (C=O) groups is 2. The fourth-order valence-electron chi connectivity index (χ4n) is 2.65. The second-order valence-corrected chi connectivity index (χ2v) is 7.49. The van der Waals surface area contributed by atoms with Gasteiger partial charge in [0, 0.05) is 11.1 Å². The van der Waals surface area contributed by atoms with Crippen molar-refractivity contribution >= 4 is 35.0 Å². The summed E-state index contributed by atoms with van der Waals surface area (Å²) in [5.74, 6) is -0.805. The predicted octanol–water partition coefficient (Wildman–Crippen LogP) is 4.50. The first kappa shape index (κ1) is 19.9. The van der Waals surface area contributed by atoms with Crippen LogP contribution in [0, 0.1) is 0 Å². The third-order valence-corrected chi connectivity index (χ3v) is 5.02. The summed E-state index contributed by atoms with van der Waals surface area (Å²) < 4.78 is -1.59. The van der Waals surface area contributed by atoms with Crippen molar-refractivity contribution in [3.8, 4) is 0 Å². The lowest BCUT2D eigenvalue weighted by Crippen LogP contribution is -2.56. The molecule has 3 aromatic carbocycles. The van der Waals surface area contributed by atoms with Crippen LogP contribution in [-0.4, -0.2) is 18.0 Å². The molecule has 3 rings (SSSR count). The normalized spacial score (nSPS) is 11.1. The molecule has 2 amide bonds. The average molecular weight is 413 g/mol. The third-order valence-electron chi connectivity index (χ3n) is 4.14. The van der Waals surface area contributed by atoms with Gasteiger partial charge in [-0.1, -0.05) is 89.9 Å². The van der Waals surface area contributed by atoms with Crippen molar-refractivity contribution in [2.75, 3.05) is 0 Å². The molecule has 142 valence electrons. The molecule has 0 heterocycles. The zero-order valence-electron chi connectivity index (χ0n) is 14.8. The highest BCUT2D eigenvalue weighted by Crippen LogP contribution is 2.36. The molecule has 0 saturated heterocycles. The molecule has 0 aromatic heterocycles. The monoisotopic (exact) mass is 412 g/mol. The van der Waals surface area contributed by atoms with Gasteiger partial charge in [-0.05, 0) is 29.8 Å². The quantitative estimate of drug-likeness (QED) is 0.462. The second kappa shape index (κ2) is 8.91. The van der Waals surface area contributed by atoms with Crippen LogP contribution in [-0.2, 0) is 4.33 Å². The molecule has 2 N–H and O–H groups in total. The molecule has 0 bridgehead atoms. The Kier molecular flexibility index (Phi) is 6.34. The van der Waals surface area contributed by atoms with Gasteiger partial charge in [-0.15, -0.1) is 0 Å². The van der Waals surface area contributed by atoms with Crippen LogP contribution >= 0.6 is 23.2 Å². The number of nitrogens with one attached hydrogen (secondary N) is 2. The first-order valence-corrected chi connectivity index (χ1v) is 9.39. The Morgan fingerprint density at radius 1 is 0.643 bits per heavy atom. The van der Waals surface area contributed by atoms with Crippen molar-refractivity contribution in [2.45, 2.75) is 10.5 Å². The van der Waals surface area contributed by atoms with Crippen LogP contribution in [0.3, 0.4) is 0 Å². The number of halogens is 2. The molecule has 0 aliphatic carbocycles. The minimum Gasteiger partial charge on any atom is -0.329 e. The van der Waals surface area contributed by atoms with Gasteiger partial charge >= 0.3 is 0 Å². The molecule has 4 nitrogen and oxygen atoms in total. The Hall–Kier alpha value is -2.82. The van der Waals surface area contributed by atoms with Crippen molar-refractivity contribution in [2.24, 2.45) is 0 Å². The third kappa shape index (κ3) is 4.71. The van der Waals surface area contributed by atoms with Gasteiger partial charge < -0.3 is 10.6 Å². The summed E-state index contributed by atoms with van der Waals surface area (Å²) in [6, 6.07) is 26.1. The van der Waals surface area contributed by atoms with Crippen molar-refractivity contribution in [1.82, 2.24) is 10.6 Å². The summed E-state index contributed by atoms with van der Waals surface area (Å²) in [4.78, 5) is 25.3. The molecule has 0 spiro atoms. The topological polar surface area (TPSA) is 58.2 Å². The van der Waals surface area contributed by atoms with E-state index in [0.717, 1.165) is 0 Å². The first-order valence-electron chi connectivity index (χ1n) is 8.63. The van der Waals surface area contributed by atoms with Crippen LogP contribution in [0.15, 0.2) is 91.0 Å². The maximum Gasteiger partial charge on any atom is 0.252 e.